The summed E-state index contributed by atoms with van der Waals surface area (Å²) in [6.07, 6.45) is 5.21. The quantitative estimate of drug-likeness (QED) is 0.772. The maximum Gasteiger partial charge on any atom is 0.209 e. The molecule has 1 aromatic heterocycles. The minimum Gasteiger partial charge on any atom is -0.497 e. The number of aromatic nitrogens is 2. The maximum atomic E-state index is 5.52. The summed E-state index contributed by atoms with van der Waals surface area (Å²) in [6.45, 7) is 4.38. The summed E-state index contributed by atoms with van der Waals surface area (Å²) in [6, 6.07) is 8.57. The van der Waals surface area contributed by atoms with Gasteiger partial charge in [0.25, 0.3) is 0 Å². The molecule has 0 radical (unpaired) electrons. The van der Waals surface area contributed by atoms with Gasteiger partial charge in [-0.2, -0.15) is 4.68 Å². The number of nitrogens with zero attached hydrogens (tertiary/aromatic N) is 2. The molecule has 24 heavy (non-hydrogen) atoms. The molecule has 7 heteroatoms. The zero-order valence-electron chi connectivity index (χ0n) is 14.2. The van der Waals surface area contributed by atoms with Crippen molar-refractivity contribution in [1.82, 2.24) is 9.78 Å². The lowest BCUT2D eigenvalue weighted by Crippen LogP contribution is -3.15. The molecule has 1 aliphatic heterocycles. The summed E-state index contributed by atoms with van der Waals surface area (Å²) >= 11 is 7.05. The lowest BCUT2D eigenvalue weighted by Gasteiger charge is -2.31. The van der Waals surface area contributed by atoms with Crippen molar-refractivity contribution in [3.05, 3.63) is 28.2 Å². The first-order chi connectivity index (χ1) is 11.7. The normalized spacial score (nSPS) is 20.8. The SMILES string of the molecule is CC[C@@H]1CCCC[NH+]1Cn1nc(Nc2ccc(OC)cc2)sc1=S. The van der Waals surface area contributed by atoms with Crippen LogP contribution in [0, 0.1) is 3.95 Å². The molecule has 0 spiro atoms. The van der Waals surface area contributed by atoms with E-state index >= 15 is 0 Å². The first-order valence-electron chi connectivity index (χ1n) is 8.53. The highest BCUT2D eigenvalue weighted by molar-refractivity contribution is 7.73. The smallest absolute Gasteiger partial charge is 0.209 e. The van der Waals surface area contributed by atoms with Crippen molar-refractivity contribution in [3.8, 4) is 5.75 Å². The van der Waals surface area contributed by atoms with Crippen LogP contribution in [0.1, 0.15) is 32.6 Å². The largest absolute Gasteiger partial charge is 0.497 e. The van der Waals surface area contributed by atoms with Crippen LogP contribution in [0.15, 0.2) is 24.3 Å². The van der Waals surface area contributed by atoms with Gasteiger partial charge in [-0.05, 0) is 62.2 Å². The summed E-state index contributed by atoms with van der Waals surface area (Å²) in [4.78, 5) is 1.61. The third-order valence-electron chi connectivity index (χ3n) is 4.67. The third kappa shape index (κ3) is 4.15. The molecule has 2 heterocycles. The number of anilines is 2. The van der Waals surface area contributed by atoms with Gasteiger partial charge in [0.1, 0.15) is 5.75 Å². The fourth-order valence-corrected chi connectivity index (χ4v) is 4.33. The second kappa shape index (κ2) is 8.09. The van der Waals surface area contributed by atoms with E-state index in [4.69, 9.17) is 17.0 Å². The van der Waals surface area contributed by atoms with Crippen molar-refractivity contribution in [1.29, 1.82) is 0 Å². The molecular formula is C17H25N4OS2+. The van der Waals surface area contributed by atoms with E-state index < -0.39 is 0 Å². The highest BCUT2D eigenvalue weighted by Crippen LogP contribution is 2.22. The van der Waals surface area contributed by atoms with E-state index in [0.29, 0.717) is 0 Å². The number of hydrogen-bond donors (Lipinski definition) is 2. The topological polar surface area (TPSA) is 43.5 Å². The molecule has 3 rings (SSSR count). The van der Waals surface area contributed by atoms with Crippen LogP contribution in [0.4, 0.5) is 10.8 Å². The van der Waals surface area contributed by atoms with Gasteiger partial charge in [-0.1, -0.05) is 18.3 Å². The Kier molecular flexibility index (Phi) is 5.86. The van der Waals surface area contributed by atoms with E-state index in [1.807, 2.05) is 28.9 Å². The minimum atomic E-state index is 0.736. The fraction of sp³-hybridized carbons (Fsp3) is 0.529. The van der Waals surface area contributed by atoms with Crippen LogP contribution in [0.2, 0.25) is 0 Å². The molecule has 0 aliphatic carbocycles. The zero-order chi connectivity index (χ0) is 16.9. The van der Waals surface area contributed by atoms with Crippen LogP contribution in [-0.2, 0) is 6.67 Å². The van der Waals surface area contributed by atoms with Gasteiger partial charge in [-0.3, -0.25) is 0 Å². The molecule has 5 nitrogen and oxygen atoms in total. The van der Waals surface area contributed by atoms with Gasteiger partial charge in [0, 0.05) is 5.69 Å². The molecule has 2 atom stereocenters. The Bertz CT molecular complexity index is 710. The Morgan fingerprint density at radius 3 is 2.88 bits per heavy atom. The van der Waals surface area contributed by atoms with Gasteiger partial charge in [0.2, 0.25) is 5.13 Å². The third-order valence-corrected chi connectivity index (χ3v) is 5.89. The van der Waals surface area contributed by atoms with E-state index in [9.17, 15) is 0 Å². The van der Waals surface area contributed by atoms with Crippen molar-refractivity contribution in [2.75, 3.05) is 19.0 Å². The number of methoxy groups -OCH3 is 1. The summed E-state index contributed by atoms with van der Waals surface area (Å²) in [7, 11) is 1.67. The lowest BCUT2D eigenvalue weighted by atomic mass is 10.0. The molecule has 2 aromatic rings. The second-order valence-corrected chi connectivity index (χ2v) is 7.82. The van der Waals surface area contributed by atoms with Gasteiger partial charge < -0.3 is 15.0 Å². The van der Waals surface area contributed by atoms with Crippen molar-refractivity contribution in [2.45, 2.75) is 45.3 Å². The highest BCUT2D eigenvalue weighted by atomic mass is 32.1. The maximum absolute atomic E-state index is 5.52. The molecule has 1 unspecified atom stereocenters. The Morgan fingerprint density at radius 2 is 2.17 bits per heavy atom. The van der Waals surface area contributed by atoms with Crippen molar-refractivity contribution in [2.24, 2.45) is 0 Å². The molecule has 1 saturated heterocycles. The van der Waals surface area contributed by atoms with Crippen LogP contribution in [0.3, 0.4) is 0 Å². The number of hydrogen-bond acceptors (Lipinski definition) is 5. The molecular weight excluding hydrogens is 340 g/mol. The first-order valence-corrected chi connectivity index (χ1v) is 9.75. The molecule has 1 fully saturated rings. The highest BCUT2D eigenvalue weighted by Gasteiger charge is 2.25. The van der Waals surface area contributed by atoms with Gasteiger partial charge in [0.15, 0.2) is 10.6 Å². The second-order valence-electron chi connectivity index (χ2n) is 6.19. The number of ether oxygens (including phenoxy) is 1. The van der Waals surface area contributed by atoms with Crippen molar-refractivity contribution >= 4 is 34.4 Å². The van der Waals surface area contributed by atoms with Crippen molar-refractivity contribution < 1.29 is 9.64 Å². The summed E-state index contributed by atoms with van der Waals surface area (Å²) < 4.78 is 8.00. The summed E-state index contributed by atoms with van der Waals surface area (Å²) in [5, 5.41) is 8.85. The van der Waals surface area contributed by atoms with Gasteiger partial charge in [0.05, 0.1) is 19.7 Å². The Morgan fingerprint density at radius 1 is 1.38 bits per heavy atom. The van der Waals surface area contributed by atoms with Gasteiger partial charge in [-0.15, -0.1) is 5.10 Å². The average Bonchev–Trinajstić information content (AvgIpc) is 2.95. The van der Waals surface area contributed by atoms with E-state index in [-0.39, 0.29) is 0 Å². The predicted octanol–water partition coefficient (Wildman–Crippen LogP) is 3.23. The minimum absolute atomic E-state index is 0.736. The van der Waals surface area contributed by atoms with Gasteiger partial charge in [-0.25, -0.2) is 0 Å². The van der Waals surface area contributed by atoms with E-state index in [2.05, 4.69) is 17.3 Å². The molecule has 2 N–H and O–H groups in total. The predicted molar refractivity (Wildman–Crippen MR) is 101 cm³/mol. The van der Waals surface area contributed by atoms with Crippen LogP contribution < -0.4 is 15.0 Å². The monoisotopic (exact) mass is 365 g/mol. The van der Waals surface area contributed by atoms with Crippen LogP contribution in [-0.4, -0.2) is 29.5 Å². The first kappa shape index (κ1) is 17.4. The van der Waals surface area contributed by atoms with Crippen LogP contribution >= 0.6 is 23.6 Å². The molecule has 1 aromatic carbocycles. The summed E-state index contributed by atoms with van der Waals surface area (Å²) in [5.74, 6) is 0.845. The number of likely N-dealkylation sites (tertiary alicyclic amines) is 1. The van der Waals surface area contributed by atoms with Gasteiger partial charge >= 0.3 is 0 Å². The van der Waals surface area contributed by atoms with Crippen LogP contribution in [0.25, 0.3) is 0 Å². The number of rotatable bonds is 6. The molecule has 0 saturated carbocycles. The standard InChI is InChI=1S/C17H24N4OS2/c1-3-14-6-4-5-11-20(14)12-21-17(23)24-16(19-21)18-13-7-9-15(22-2)10-8-13/h7-10,14H,3-6,11-12H2,1-2H3,(H,18,19)/p+1/t14-/m1/s1. The molecule has 1 aliphatic rings. The zero-order valence-corrected chi connectivity index (χ0v) is 15.9. The average molecular weight is 366 g/mol. The number of quaternary nitrogens is 1. The van der Waals surface area contributed by atoms with Crippen molar-refractivity contribution in [3.63, 3.8) is 0 Å². The Labute approximate surface area is 152 Å². The Hall–Kier alpha value is -1.44. The molecule has 0 amide bonds. The van der Waals surface area contributed by atoms with Crippen LogP contribution in [0.5, 0.6) is 5.75 Å². The Balaban J connectivity index is 1.69. The molecule has 0 bridgehead atoms. The molecule has 130 valence electrons. The number of benzene rings is 1. The summed E-state index contributed by atoms with van der Waals surface area (Å²) in [5.41, 5.74) is 0.989. The number of piperidine rings is 1. The van der Waals surface area contributed by atoms with E-state index in [1.54, 1.807) is 12.0 Å². The lowest BCUT2D eigenvalue weighted by molar-refractivity contribution is -0.953. The fourth-order valence-electron chi connectivity index (χ4n) is 3.30. The number of nitrogens with one attached hydrogen (secondary N) is 2. The van der Waals surface area contributed by atoms with E-state index in [1.165, 1.54) is 43.6 Å². The van der Waals surface area contributed by atoms with E-state index in [0.717, 1.165) is 33.2 Å².